The van der Waals surface area contributed by atoms with Crippen molar-refractivity contribution in [3.8, 4) is 0 Å². The van der Waals surface area contributed by atoms with E-state index in [0.717, 1.165) is 42.0 Å². The highest BCUT2D eigenvalue weighted by Gasteiger charge is 2.55. The number of imide groups is 1. The summed E-state index contributed by atoms with van der Waals surface area (Å²) < 4.78 is 5.56. The van der Waals surface area contributed by atoms with Crippen LogP contribution in [0.5, 0.6) is 0 Å². The van der Waals surface area contributed by atoms with Gasteiger partial charge >= 0.3 is 6.03 Å². The summed E-state index contributed by atoms with van der Waals surface area (Å²) in [6.07, 6.45) is 6.05. The van der Waals surface area contributed by atoms with Crippen LogP contribution >= 0.6 is 11.3 Å². The Morgan fingerprint density at radius 3 is 2.74 bits per heavy atom. The molecule has 1 aromatic rings. The number of ether oxygens (including phenoxy) is 1. The third-order valence-corrected chi connectivity index (χ3v) is 6.61. The summed E-state index contributed by atoms with van der Waals surface area (Å²) in [5.74, 6) is -0.713. The van der Waals surface area contributed by atoms with Crippen molar-refractivity contribution in [1.29, 1.82) is 0 Å². The standard InChI is InChI=1S/C17H23N5O4S/c1-21-16(25)22(14(24)17(21)7-3-2-4-8-17)10-12(23)18-15-20-19-13(27-15)11-6-5-9-26-11/h11H,2-10H2,1H3,(H,18,20,23). The number of carbonyl (C=O) groups excluding carboxylic acids is 3. The van der Waals surface area contributed by atoms with Crippen LogP contribution in [0.25, 0.3) is 0 Å². The summed E-state index contributed by atoms with van der Waals surface area (Å²) in [4.78, 5) is 40.4. The molecule has 1 aromatic heterocycles. The number of hydrogen-bond donors (Lipinski definition) is 1. The highest BCUT2D eigenvalue weighted by Crippen LogP contribution is 2.39. The molecule has 146 valence electrons. The van der Waals surface area contributed by atoms with Gasteiger partial charge in [-0.1, -0.05) is 30.6 Å². The van der Waals surface area contributed by atoms with Crippen molar-refractivity contribution in [1.82, 2.24) is 20.0 Å². The number of nitrogens with zero attached hydrogens (tertiary/aromatic N) is 4. The van der Waals surface area contributed by atoms with Gasteiger partial charge in [0.15, 0.2) is 0 Å². The Morgan fingerprint density at radius 1 is 1.26 bits per heavy atom. The lowest BCUT2D eigenvalue weighted by molar-refractivity contribution is -0.136. The molecular formula is C17H23N5O4S. The first-order valence-corrected chi connectivity index (χ1v) is 10.2. The van der Waals surface area contributed by atoms with E-state index in [9.17, 15) is 14.4 Å². The molecular weight excluding hydrogens is 370 g/mol. The molecule has 1 N–H and O–H groups in total. The van der Waals surface area contributed by atoms with Gasteiger partial charge < -0.3 is 9.64 Å². The van der Waals surface area contributed by atoms with E-state index in [0.29, 0.717) is 24.6 Å². The van der Waals surface area contributed by atoms with Gasteiger partial charge in [0.05, 0.1) is 0 Å². The molecule has 1 aliphatic carbocycles. The molecule has 0 aromatic carbocycles. The van der Waals surface area contributed by atoms with Crippen molar-refractivity contribution < 1.29 is 19.1 Å². The molecule has 3 aliphatic rings. The minimum absolute atomic E-state index is 0.0605. The molecule has 0 bridgehead atoms. The number of aromatic nitrogens is 2. The average molecular weight is 393 g/mol. The highest BCUT2D eigenvalue weighted by molar-refractivity contribution is 7.15. The zero-order valence-corrected chi connectivity index (χ0v) is 16.1. The monoisotopic (exact) mass is 393 g/mol. The Bertz CT molecular complexity index is 754. The van der Waals surface area contributed by atoms with Crippen LogP contribution in [-0.4, -0.2) is 63.6 Å². The molecule has 0 radical (unpaired) electrons. The van der Waals surface area contributed by atoms with Crippen LogP contribution in [0.3, 0.4) is 0 Å². The molecule has 27 heavy (non-hydrogen) atoms. The smallest absolute Gasteiger partial charge is 0.327 e. The zero-order chi connectivity index (χ0) is 19.0. The normalized spacial score (nSPS) is 24.9. The molecule has 10 heteroatoms. The van der Waals surface area contributed by atoms with Crippen LogP contribution in [0.15, 0.2) is 0 Å². The third kappa shape index (κ3) is 3.20. The Labute approximate surface area is 161 Å². The maximum absolute atomic E-state index is 12.9. The predicted octanol–water partition coefficient (Wildman–Crippen LogP) is 1.92. The second kappa shape index (κ2) is 7.16. The fraction of sp³-hybridized carbons (Fsp3) is 0.706. The minimum atomic E-state index is -0.772. The van der Waals surface area contributed by atoms with E-state index >= 15 is 0 Å². The first-order chi connectivity index (χ1) is 13.0. The van der Waals surface area contributed by atoms with E-state index in [1.165, 1.54) is 16.2 Å². The van der Waals surface area contributed by atoms with E-state index in [1.54, 1.807) is 7.05 Å². The lowest BCUT2D eigenvalue weighted by atomic mass is 9.81. The Kier molecular flexibility index (Phi) is 4.85. The second-order valence-corrected chi connectivity index (χ2v) is 8.33. The first-order valence-electron chi connectivity index (χ1n) is 9.36. The van der Waals surface area contributed by atoms with Gasteiger partial charge in [-0.3, -0.25) is 19.8 Å². The molecule has 2 aliphatic heterocycles. The SMILES string of the molecule is CN1C(=O)N(CC(=O)Nc2nnc(C3CCCO3)s2)C(=O)C12CCCCC2. The molecule has 3 fully saturated rings. The van der Waals surface area contributed by atoms with E-state index in [1.807, 2.05) is 0 Å². The summed E-state index contributed by atoms with van der Waals surface area (Å²) in [5.41, 5.74) is -0.772. The Morgan fingerprint density at radius 2 is 2.04 bits per heavy atom. The van der Waals surface area contributed by atoms with Crippen molar-refractivity contribution >= 4 is 34.3 Å². The molecule has 1 saturated carbocycles. The van der Waals surface area contributed by atoms with Crippen molar-refractivity contribution in [3.63, 3.8) is 0 Å². The van der Waals surface area contributed by atoms with Gasteiger partial charge in [-0.2, -0.15) is 0 Å². The maximum Gasteiger partial charge on any atom is 0.327 e. The molecule has 4 rings (SSSR count). The minimum Gasteiger partial charge on any atom is -0.371 e. The number of nitrogens with one attached hydrogen (secondary N) is 1. The predicted molar refractivity (Wildman–Crippen MR) is 97.2 cm³/mol. The van der Waals surface area contributed by atoms with Gasteiger partial charge in [0.25, 0.3) is 5.91 Å². The largest absolute Gasteiger partial charge is 0.371 e. The number of likely N-dealkylation sites (N-methyl/N-ethyl adjacent to an activating group) is 1. The van der Waals surface area contributed by atoms with Gasteiger partial charge in [0.1, 0.15) is 23.2 Å². The Balaban J connectivity index is 1.40. The second-order valence-electron chi connectivity index (χ2n) is 7.32. The lowest BCUT2D eigenvalue weighted by Gasteiger charge is -2.35. The van der Waals surface area contributed by atoms with Crippen molar-refractivity contribution in [3.05, 3.63) is 5.01 Å². The number of urea groups is 1. The summed E-state index contributed by atoms with van der Waals surface area (Å²) in [6, 6.07) is -0.408. The van der Waals surface area contributed by atoms with Gasteiger partial charge in [0.2, 0.25) is 11.0 Å². The topological polar surface area (TPSA) is 105 Å². The fourth-order valence-corrected chi connectivity index (χ4v) is 5.00. The van der Waals surface area contributed by atoms with Crippen LogP contribution < -0.4 is 5.32 Å². The number of hydrogen-bond acceptors (Lipinski definition) is 7. The molecule has 1 unspecified atom stereocenters. The number of anilines is 1. The zero-order valence-electron chi connectivity index (χ0n) is 15.3. The summed E-state index contributed by atoms with van der Waals surface area (Å²) >= 11 is 1.26. The number of rotatable bonds is 4. The highest BCUT2D eigenvalue weighted by atomic mass is 32.1. The fourth-order valence-electron chi connectivity index (χ4n) is 4.16. The molecule has 2 saturated heterocycles. The average Bonchev–Trinajstić information content (AvgIpc) is 3.39. The van der Waals surface area contributed by atoms with Crippen molar-refractivity contribution in [2.75, 3.05) is 25.5 Å². The van der Waals surface area contributed by atoms with Gasteiger partial charge in [-0.25, -0.2) is 4.79 Å². The van der Waals surface area contributed by atoms with Crippen molar-refractivity contribution in [2.24, 2.45) is 0 Å². The molecule has 3 heterocycles. The molecule has 1 spiro atoms. The van der Waals surface area contributed by atoms with Crippen LogP contribution in [0.1, 0.15) is 56.1 Å². The van der Waals surface area contributed by atoms with Crippen LogP contribution in [0.4, 0.5) is 9.93 Å². The summed E-state index contributed by atoms with van der Waals surface area (Å²) in [5, 5.41) is 11.8. The van der Waals surface area contributed by atoms with Crippen LogP contribution in [0.2, 0.25) is 0 Å². The summed E-state index contributed by atoms with van der Waals surface area (Å²) in [7, 11) is 1.65. The third-order valence-electron chi connectivity index (χ3n) is 5.68. The van der Waals surface area contributed by atoms with Crippen molar-refractivity contribution in [2.45, 2.75) is 56.6 Å². The van der Waals surface area contributed by atoms with Crippen LogP contribution in [-0.2, 0) is 14.3 Å². The van der Waals surface area contributed by atoms with E-state index in [4.69, 9.17) is 4.74 Å². The quantitative estimate of drug-likeness (QED) is 0.784. The van der Waals surface area contributed by atoms with Gasteiger partial charge in [-0.05, 0) is 25.7 Å². The molecule has 9 nitrogen and oxygen atoms in total. The van der Waals surface area contributed by atoms with Gasteiger partial charge in [0, 0.05) is 13.7 Å². The summed E-state index contributed by atoms with van der Waals surface area (Å²) in [6.45, 7) is 0.402. The van der Waals surface area contributed by atoms with Gasteiger partial charge in [-0.15, -0.1) is 10.2 Å². The molecule has 1 atom stereocenters. The van der Waals surface area contributed by atoms with E-state index in [-0.39, 0.29) is 18.6 Å². The first kappa shape index (κ1) is 18.3. The number of carbonyl (C=O) groups is 3. The maximum atomic E-state index is 12.9. The van der Waals surface area contributed by atoms with E-state index < -0.39 is 17.5 Å². The van der Waals surface area contributed by atoms with Crippen LogP contribution in [0, 0.1) is 0 Å². The van der Waals surface area contributed by atoms with E-state index in [2.05, 4.69) is 15.5 Å². The Hall–Kier alpha value is -2.07. The molecule has 4 amide bonds. The lowest BCUT2D eigenvalue weighted by Crippen LogP contribution is -2.49. The number of amides is 4.